The SMILES string of the molecule is CC(C)CN(Cc1cc(Cl)c2c(c1)OCCCC2)C(=O)C(C)CNCc1ccccc1. The van der Waals surface area contributed by atoms with Crippen LogP contribution in [-0.2, 0) is 24.3 Å². The van der Waals surface area contributed by atoms with Gasteiger partial charge in [0.2, 0.25) is 5.91 Å². The molecular weight excluding hydrogens is 408 g/mol. The largest absolute Gasteiger partial charge is 0.493 e. The van der Waals surface area contributed by atoms with Crippen LogP contribution >= 0.6 is 11.6 Å². The van der Waals surface area contributed by atoms with Gasteiger partial charge in [-0.1, -0.05) is 62.7 Å². The maximum atomic E-state index is 13.3. The lowest BCUT2D eigenvalue weighted by Gasteiger charge is -2.28. The first-order valence-corrected chi connectivity index (χ1v) is 11.8. The van der Waals surface area contributed by atoms with Crippen molar-refractivity contribution in [1.29, 1.82) is 0 Å². The predicted molar refractivity (Wildman–Crippen MR) is 127 cm³/mol. The summed E-state index contributed by atoms with van der Waals surface area (Å²) < 4.78 is 5.94. The van der Waals surface area contributed by atoms with Crippen molar-refractivity contribution >= 4 is 17.5 Å². The Morgan fingerprint density at radius 2 is 1.90 bits per heavy atom. The first-order valence-electron chi connectivity index (χ1n) is 11.4. The van der Waals surface area contributed by atoms with E-state index in [1.54, 1.807) is 0 Å². The van der Waals surface area contributed by atoms with E-state index < -0.39 is 0 Å². The number of carbonyl (C=O) groups is 1. The molecule has 1 unspecified atom stereocenters. The third-order valence-corrected chi connectivity index (χ3v) is 5.94. The standard InChI is InChI=1S/C26H35ClN2O2/c1-19(2)17-29(26(30)20(3)15-28-16-21-9-5-4-6-10-21)18-22-13-24(27)23-11-7-8-12-31-25(23)14-22/h4-6,9-10,13-14,19-20,28H,7-8,11-12,15-18H2,1-3H3. The highest BCUT2D eigenvalue weighted by Gasteiger charge is 2.23. The van der Waals surface area contributed by atoms with E-state index in [1.165, 1.54) is 5.56 Å². The van der Waals surface area contributed by atoms with Gasteiger partial charge in [-0.3, -0.25) is 4.79 Å². The topological polar surface area (TPSA) is 41.6 Å². The molecule has 1 amide bonds. The van der Waals surface area contributed by atoms with E-state index in [-0.39, 0.29) is 11.8 Å². The number of benzene rings is 2. The van der Waals surface area contributed by atoms with Gasteiger partial charge in [0.1, 0.15) is 5.75 Å². The Hall–Kier alpha value is -2.04. The normalized spacial score (nSPS) is 14.5. The minimum Gasteiger partial charge on any atom is -0.493 e. The monoisotopic (exact) mass is 442 g/mol. The van der Waals surface area contributed by atoms with Crippen LogP contribution in [0.5, 0.6) is 5.75 Å². The van der Waals surface area contributed by atoms with Gasteiger partial charge < -0.3 is 15.0 Å². The number of halogens is 1. The summed E-state index contributed by atoms with van der Waals surface area (Å²) in [6.45, 7) is 9.70. The molecule has 0 aliphatic carbocycles. The molecule has 0 bridgehead atoms. The third-order valence-electron chi connectivity index (χ3n) is 5.61. The van der Waals surface area contributed by atoms with Gasteiger partial charge in [0.15, 0.2) is 0 Å². The fraction of sp³-hybridized carbons (Fsp3) is 0.500. The van der Waals surface area contributed by atoms with Gasteiger partial charge in [0, 0.05) is 42.7 Å². The summed E-state index contributed by atoms with van der Waals surface area (Å²) in [6, 6.07) is 14.3. The highest BCUT2D eigenvalue weighted by Crippen LogP contribution is 2.33. The van der Waals surface area contributed by atoms with Crippen LogP contribution in [0.25, 0.3) is 0 Å². The second-order valence-electron chi connectivity index (χ2n) is 8.99. The van der Waals surface area contributed by atoms with E-state index in [0.29, 0.717) is 19.0 Å². The average Bonchev–Trinajstić information content (AvgIpc) is 2.99. The number of rotatable bonds is 9. The minimum absolute atomic E-state index is 0.102. The van der Waals surface area contributed by atoms with Crippen LogP contribution in [0.4, 0.5) is 0 Å². The van der Waals surface area contributed by atoms with Gasteiger partial charge >= 0.3 is 0 Å². The second-order valence-corrected chi connectivity index (χ2v) is 9.40. The van der Waals surface area contributed by atoms with Crippen molar-refractivity contribution in [1.82, 2.24) is 10.2 Å². The maximum Gasteiger partial charge on any atom is 0.226 e. The van der Waals surface area contributed by atoms with Crippen LogP contribution in [0.15, 0.2) is 42.5 Å². The summed E-state index contributed by atoms with van der Waals surface area (Å²) in [4.78, 5) is 15.2. The molecule has 0 saturated heterocycles. The molecule has 1 atom stereocenters. The summed E-state index contributed by atoms with van der Waals surface area (Å²) >= 11 is 6.58. The molecule has 0 radical (unpaired) electrons. The number of ether oxygens (including phenoxy) is 1. The second kappa shape index (κ2) is 11.5. The Morgan fingerprint density at radius 1 is 1.13 bits per heavy atom. The zero-order valence-electron chi connectivity index (χ0n) is 19.0. The van der Waals surface area contributed by atoms with E-state index >= 15 is 0 Å². The molecule has 1 aliphatic heterocycles. The fourth-order valence-electron chi connectivity index (χ4n) is 4.03. The molecular formula is C26H35ClN2O2. The van der Waals surface area contributed by atoms with Crippen LogP contribution in [0.3, 0.4) is 0 Å². The molecule has 0 saturated carbocycles. The lowest BCUT2D eigenvalue weighted by atomic mass is 10.0. The Labute approximate surface area is 191 Å². The van der Waals surface area contributed by atoms with Crippen LogP contribution in [0.2, 0.25) is 5.02 Å². The average molecular weight is 443 g/mol. The fourth-order valence-corrected chi connectivity index (χ4v) is 4.36. The van der Waals surface area contributed by atoms with Crippen molar-refractivity contribution in [3.63, 3.8) is 0 Å². The third kappa shape index (κ3) is 6.98. The Bertz CT molecular complexity index is 854. The van der Waals surface area contributed by atoms with E-state index in [4.69, 9.17) is 16.3 Å². The molecule has 1 aliphatic rings. The number of fused-ring (bicyclic) bond motifs is 1. The molecule has 0 fully saturated rings. The Morgan fingerprint density at radius 3 is 2.65 bits per heavy atom. The van der Waals surface area contributed by atoms with E-state index in [2.05, 4.69) is 37.4 Å². The molecule has 1 heterocycles. The highest BCUT2D eigenvalue weighted by atomic mass is 35.5. The summed E-state index contributed by atoms with van der Waals surface area (Å²) in [5, 5.41) is 4.18. The van der Waals surface area contributed by atoms with E-state index in [0.717, 1.165) is 60.9 Å². The van der Waals surface area contributed by atoms with Crippen molar-refractivity contribution in [3.8, 4) is 5.75 Å². The van der Waals surface area contributed by atoms with Crippen molar-refractivity contribution in [2.75, 3.05) is 19.7 Å². The number of amides is 1. The lowest BCUT2D eigenvalue weighted by Crippen LogP contribution is -2.40. The highest BCUT2D eigenvalue weighted by molar-refractivity contribution is 6.31. The molecule has 168 valence electrons. The summed E-state index contributed by atoms with van der Waals surface area (Å²) in [6.07, 6.45) is 3.09. The number of hydrogen-bond donors (Lipinski definition) is 1. The Kier molecular flexibility index (Phi) is 8.79. The number of carbonyl (C=O) groups excluding carboxylic acids is 1. The van der Waals surface area contributed by atoms with Gasteiger partial charge in [-0.15, -0.1) is 0 Å². The quantitative estimate of drug-likeness (QED) is 0.560. The zero-order valence-corrected chi connectivity index (χ0v) is 19.8. The molecule has 31 heavy (non-hydrogen) atoms. The number of nitrogens with zero attached hydrogens (tertiary/aromatic N) is 1. The Balaban J connectivity index is 1.65. The zero-order chi connectivity index (χ0) is 22.2. The summed E-state index contributed by atoms with van der Waals surface area (Å²) in [5.41, 5.74) is 3.35. The maximum absolute atomic E-state index is 13.3. The van der Waals surface area contributed by atoms with Crippen LogP contribution in [0.1, 0.15) is 50.3 Å². The van der Waals surface area contributed by atoms with Crippen LogP contribution in [-0.4, -0.2) is 30.5 Å². The molecule has 0 aromatic heterocycles. The van der Waals surface area contributed by atoms with Gasteiger partial charge in [0.25, 0.3) is 0 Å². The van der Waals surface area contributed by atoms with E-state index in [1.807, 2.05) is 36.1 Å². The molecule has 3 rings (SSSR count). The minimum atomic E-state index is -0.102. The summed E-state index contributed by atoms with van der Waals surface area (Å²) in [5.74, 6) is 1.34. The van der Waals surface area contributed by atoms with Gasteiger partial charge in [-0.05, 0) is 48.4 Å². The van der Waals surface area contributed by atoms with Crippen molar-refractivity contribution in [2.45, 2.75) is 53.1 Å². The first kappa shape index (κ1) is 23.6. The number of nitrogens with one attached hydrogen (secondary N) is 1. The smallest absolute Gasteiger partial charge is 0.226 e. The molecule has 2 aromatic carbocycles. The van der Waals surface area contributed by atoms with Crippen LogP contribution < -0.4 is 10.1 Å². The van der Waals surface area contributed by atoms with Crippen molar-refractivity contribution in [3.05, 3.63) is 64.2 Å². The predicted octanol–water partition coefficient (Wildman–Crippen LogP) is 5.47. The van der Waals surface area contributed by atoms with Gasteiger partial charge in [-0.2, -0.15) is 0 Å². The summed E-state index contributed by atoms with van der Waals surface area (Å²) in [7, 11) is 0. The van der Waals surface area contributed by atoms with Gasteiger partial charge in [0.05, 0.1) is 6.61 Å². The van der Waals surface area contributed by atoms with Crippen molar-refractivity contribution < 1.29 is 9.53 Å². The molecule has 1 N–H and O–H groups in total. The van der Waals surface area contributed by atoms with Crippen LogP contribution in [0, 0.1) is 11.8 Å². The molecule has 5 heteroatoms. The number of hydrogen-bond acceptors (Lipinski definition) is 3. The lowest BCUT2D eigenvalue weighted by molar-refractivity contribution is -0.136. The molecule has 0 spiro atoms. The van der Waals surface area contributed by atoms with Gasteiger partial charge in [-0.25, -0.2) is 0 Å². The van der Waals surface area contributed by atoms with Crippen molar-refractivity contribution in [2.24, 2.45) is 11.8 Å². The first-order chi connectivity index (χ1) is 14.9. The van der Waals surface area contributed by atoms with E-state index in [9.17, 15) is 4.79 Å². The molecule has 4 nitrogen and oxygen atoms in total. The molecule has 2 aromatic rings.